The molecule has 0 aromatic carbocycles. The van der Waals surface area contributed by atoms with Crippen LogP contribution >= 0.6 is 53.6 Å². The maximum absolute atomic E-state index is 12.6. The predicted octanol–water partition coefficient (Wildman–Crippen LogP) is 4.79. The third-order valence-corrected chi connectivity index (χ3v) is 8.67. The molecule has 0 aromatic heterocycles. The average Bonchev–Trinajstić information content (AvgIpc) is 3.82. The number of aliphatic hydroxyl groups excluding tert-OH is 2. The summed E-state index contributed by atoms with van der Waals surface area (Å²) in [6, 6.07) is -1.85. The molecule has 5 unspecified atom stereocenters. The summed E-state index contributed by atoms with van der Waals surface area (Å²) in [6.45, 7) is 20.5. The van der Waals surface area contributed by atoms with E-state index < -0.39 is 70.6 Å². The number of nitrogens with zero attached hydrogens (tertiary/aromatic N) is 2. The highest BCUT2D eigenvalue weighted by Gasteiger charge is 2.58. The van der Waals surface area contributed by atoms with Gasteiger partial charge in [-0.1, -0.05) is 19.6 Å². The van der Waals surface area contributed by atoms with Crippen molar-refractivity contribution in [1.29, 1.82) is 0 Å². The lowest BCUT2D eigenvalue weighted by Crippen LogP contribution is -2.53. The molecule has 4 fully saturated rings. The van der Waals surface area contributed by atoms with Crippen molar-refractivity contribution in [3.05, 3.63) is 25.3 Å². The normalized spacial score (nSPS) is 28.0. The van der Waals surface area contributed by atoms with Crippen molar-refractivity contribution in [3.63, 3.8) is 0 Å². The molecule has 4 aliphatic rings. The molecule has 326 valence electrons. The van der Waals surface area contributed by atoms with Crippen LogP contribution in [0.4, 0.5) is 9.59 Å². The predicted molar refractivity (Wildman–Crippen MR) is 242 cm³/mol. The number of ketones is 2. The lowest BCUT2D eigenvalue weighted by molar-refractivity contribution is -0.142. The van der Waals surface area contributed by atoms with E-state index in [1.807, 2.05) is 0 Å². The Labute approximate surface area is 347 Å². The molecule has 15 nitrogen and oxygen atoms in total. The Balaban J connectivity index is -0.000000757. The van der Waals surface area contributed by atoms with Crippen LogP contribution in [0, 0.1) is 11.8 Å². The van der Waals surface area contributed by atoms with Crippen LogP contribution in [0.15, 0.2) is 25.3 Å². The molecule has 0 radical (unpaired) electrons. The molecular formula is C35H69N4O11P6-. The largest absolute Gasteiger partial charge is 0.489 e. The summed E-state index contributed by atoms with van der Waals surface area (Å²) < 4.78 is 10.4. The number of nitrogens with one attached hydrogen (secondary N) is 1. The van der Waals surface area contributed by atoms with Gasteiger partial charge in [-0.05, 0) is 68.2 Å². The number of carbonyl (C=O) groups is 6. The molecule has 2 aliphatic carbocycles. The number of carboxylic acids is 1. The molecular weight excluding hydrogens is 838 g/mol. The van der Waals surface area contributed by atoms with Crippen molar-refractivity contribution in [1.82, 2.24) is 15.1 Å². The Morgan fingerprint density at radius 1 is 0.804 bits per heavy atom. The van der Waals surface area contributed by atoms with Gasteiger partial charge in [-0.3, -0.25) is 42.0 Å². The zero-order valence-corrected chi connectivity index (χ0v) is 40.2. The molecule has 0 bridgehead atoms. The number of β-amino-alcohol motifs (C(OH)–C–C–N with tert-alkyl or cyclic N) is 2. The van der Waals surface area contributed by atoms with Crippen LogP contribution in [-0.2, 0) is 28.7 Å². The molecule has 56 heavy (non-hydrogen) atoms. The van der Waals surface area contributed by atoms with Gasteiger partial charge in [0.05, 0.1) is 30.8 Å². The van der Waals surface area contributed by atoms with Crippen LogP contribution in [0.3, 0.4) is 0 Å². The van der Waals surface area contributed by atoms with Gasteiger partial charge < -0.3 is 43.8 Å². The third kappa shape index (κ3) is 18.4. The second-order valence-corrected chi connectivity index (χ2v) is 19.1. The molecule has 2 saturated heterocycles. The average molecular weight is 908 g/mol. The Kier molecular flexibility index (Phi) is 26.8. The molecule has 0 aromatic rings. The molecule has 3 amide bonds. The molecule has 2 heterocycles. The summed E-state index contributed by atoms with van der Waals surface area (Å²) in [5, 5.41) is 30.9. The summed E-state index contributed by atoms with van der Waals surface area (Å²) in [5.74, 6) is -1.50. The van der Waals surface area contributed by atoms with E-state index in [4.69, 9.17) is 20.3 Å². The number of Topliss-reactive ketones (excluding diaryl/α,β-unsaturated/α-hetero) is 2. The molecule has 2 saturated carbocycles. The van der Waals surface area contributed by atoms with Gasteiger partial charge in [0.1, 0.15) is 34.6 Å². The van der Waals surface area contributed by atoms with Crippen molar-refractivity contribution in [2.75, 3.05) is 13.1 Å². The van der Waals surface area contributed by atoms with E-state index in [9.17, 15) is 39.0 Å². The number of aliphatic hydroxyl groups is 2. The fraction of sp³-hybridized carbons (Fsp3) is 0.714. The molecule has 2 aliphatic heterocycles. The Bertz CT molecular complexity index is 1370. The van der Waals surface area contributed by atoms with E-state index in [-0.39, 0.29) is 66.7 Å². The second-order valence-electron chi connectivity index (χ2n) is 15.3. The minimum atomic E-state index is -1.12. The maximum atomic E-state index is 12.6. The smallest absolute Gasteiger partial charge is 0.411 e. The van der Waals surface area contributed by atoms with E-state index in [0.717, 1.165) is 11.3 Å². The topological polar surface area (TPSA) is 226 Å². The van der Waals surface area contributed by atoms with Gasteiger partial charge in [0.2, 0.25) is 5.91 Å². The molecule has 21 heteroatoms. The summed E-state index contributed by atoms with van der Waals surface area (Å²) >= 11 is 0. The number of hydrogen-bond acceptors (Lipinski definition) is 11. The number of carboxylic acid groups (broad SMARTS) is 1. The van der Waals surface area contributed by atoms with E-state index in [2.05, 4.69) is 54.2 Å². The van der Waals surface area contributed by atoms with E-state index in [1.165, 1.54) is 26.7 Å². The van der Waals surface area contributed by atoms with Gasteiger partial charge in [-0.2, -0.15) is 9.90 Å². The monoisotopic (exact) mass is 907 g/mol. The highest BCUT2D eigenvalue weighted by molar-refractivity contribution is 8.33. The number of nitrogens with two attached hydrogens (primary N) is 1. The van der Waals surface area contributed by atoms with Gasteiger partial charge in [-0.15, -0.1) is 31.0 Å². The third-order valence-electron chi connectivity index (χ3n) is 8.67. The molecule has 13 atom stereocenters. The first-order chi connectivity index (χ1) is 24.7. The minimum Gasteiger partial charge on any atom is -0.489 e. The highest BCUT2D eigenvalue weighted by Crippen LogP contribution is 2.45. The van der Waals surface area contributed by atoms with Crippen LogP contribution < -0.4 is 11.1 Å². The standard InChI is InChI=1S/C17H26N2O5.C10H17NO5.C7H11NO.CH4.H4P3.H4P2.H3P/c1-6-11-8-17(11,10(2)20)18-14(22)13-7-12(21)9-19(13)15(23)24-16(3,4)5;1-10(2,3)16-9(15)11-5-6(12)4-7(11)8(13)14;1-3-6-4-7(6,8)5(2)9;;1-3-2;1-2;/h6,11-13,21H,1,7-9H2,2-5H3,(H,18,22);6-7,12H,4-5H2,1-3H3,(H,13,14);3,6H,1,4,8H2,2H3;1H4;1-2H2;1-2H2;1H3/q;;;;-1;;/t11-,12+,13+,17+;6-,7-;6-,7+;;;;/m101..../s1. The highest BCUT2D eigenvalue weighted by atomic mass is 32.4. The van der Waals surface area contributed by atoms with Crippen LogP contribution in [0.2, 0.25) is 0 Å². The summed E-state index contributed by atoms with van der Waals surface area (Å²) in [7, 11) is 10.9. The number of likely N-dealkylation sites (tertiary alicyclic amines) is 2. The Morgan fingerprint density at radius 2 is 1.18 bits per heavy atom. The van der Waals surface area contributed by atoms with Crippen LogP contribution in [0.5, 0.6) is 0 Å². The van der Waals surface area contributed by atoms with Crippen molar-refractivity contribution in [2.24, 2.45) is 17.6 Å². The van der Waals surface area contributed by atoms with Gasteiger partial charge in [0, 0.05) is 24.7 Å². The van der Waals surface area contributed by atoms with Crippen molar-refractivity contribution < 1.29 is 53.6 Å². The minimum absolute atomic E-state index is 0. The number of rotatable bonds is 7. The zero-order chi connectivity index (χ0) is 42.6. The van der Waals surface area contributed by atoms with Gasteiger partial charge >= 0.3 is 18.2 Å². The van der Waals surface area contributed by atoms with Crippen LogP contribution in [0.1, 0.15) is 88.5 Å². The van der Waals surface area contributed by atoms with E-state index in [1.54, 1.807) is 53.7 Å². The number of aliphatic carboxylic acids is 1. The van der Waals surface area contributed by atoms with E-state index in [0.29, 0.717) is 6.42 Å². The lowest BCUT2D eigenvalue weighted by Gasteiger charge is -2.28. The van der Waals surface area contributed by atoms with Gasteiger partial charge in [0.15, 0.2) is 5.78 Å². The van der Waals surface area contributed by atoms with Crippen molar-refractivity contribution >= 4 is 89.2 Å². The molecule has 4 rings (SSSR count). The number of hydrogen-bond donors (Lipinski definition) is 5. The first kappa shape index (κ1) is 59.1. The summed E-state index contributed by atoms with van der Waals surface area (Å²) in [4.78, 5) is 72.3. The fourth-order valence-electron chi connectivity index (χ4n) is 5.67. The van der Waals surface area contributed by atoms with Gasteiger partial charge in [0.25, 0.3) is 0 Å². The molecule has 0 spiro atoms. The lowest BCUT2D eigenvalue weighted by atomic mass is 10.1. The second kappa shape index (κ2) is 25.4. The van der Waals surface area contributed by atoms with E-state index >= 15 is 0 Å². The Morgan fingerprint density at radius 3 is 1.45 bits per heavy atom. The fourth-order valence-corrected chi connectivity index (χ4v) is 5.67. The van der Waals surface area contributed by atoms with Gasteiger partial charge in [-0.25, -0.2) is 14.4 Å². The van der Waals surface area contributed by atoms with Crippen molar-refractivity contribution in [3.8, 4) is 0 Å². The van der Waals surface area contributed by atoms with Crippen LogP contribution in [-0.4, -0.2) is 120 Å². The number of ether oxygens (including phenoxy) is 2. The van der Waals surface area contributed by atoms with Crippen LogP contribution in [0.25, 0.3) is 0 Å². The summed E-state index contributed by atoms with van der Waals surface area (Å²) in [5.41, 5.74) is 2.79. The molecule has 6 N–H and O–H groups in total. The quantitative estimate of drug-likeness (QED) is 0.172. The number of amides is 3. The first-order valence-corrected chi connectivity index (χ1v) is 23.9. The zero-order valence-electron chi connectivity index (χ0n) is 33.3. The van der Waals surface area contributed by atoms with Crippen molar-refractivity contribution in [2.45, 2.75) is 135 Å². The number of carbonyl (C=O) groups excluding carboxylic acids is 5. The first-order valence-electron chi connectivity index (χ1n) is 17.1. The maximum Gasteiger partial charge on any atom is 0.411 e. The Hall–Kier alpha value is -1.24. The summed E-state index contributed by atoms with van der Waals surface area (Å²) in [6.07, 6.45) is 1.93. The SMILES string of the molecule is C.C=C[C@@H]1C[C@]1(N)C(C)=O.C=C[C@@H]1C[C@]1(NC(=O)[C@@H]1C[C@H](O)CN1C(=O)OC(C)(C)C)C(C)=O.CC(C)(C)OC(=O)N1C[C@@H](O)C[C@H]1C(=O)O.P.PP.P[P-]P.